The normalized spacial score (nSPS) is 11.4. The summed E-state index contributed by atoms with van der Waals surface area (Å²) in [5, 5.41) is 0. The summed E-state index contributed by atoms with van der Waals surface area (Å²) in [7, 11) is 0. The smallest absolute Gasteiger partial charge is 0.119 e. The zero-order valence-electron chi connectivity index (χ0n) is 12.4. The molecule has 0 heterocycles. The van der Waals surface area contributed by atoms with E-state index in [1.165, 1.54) is 51.4 Å². The number of hydrogen-bond donors (Lipinski definition) is 0. The fraction of sp³-hybridized carbons (Fsp3) is 0.611. The molecule has 1 nitrogen and oxygen atoms in total. The Labute approximate surface area is 119 Å². The van der Waals surface area contributed by atoms with Gasteiger partial charge in [-0.3, -0.25) is 0 Å². The number of unbranched alkanes of at least 4 members (excludes halogenated alkanes) is 9. The van der Waals surface area contributed by atoms with E-state index in [4.69, 9.17) is 0 Å². The molecule has 0 rings (SSSR count). The molecule has 0 bridgehead atoms. The third-order valence-electron chi connectivity index (χ3n) is 3.11. The highest BCUT2D eigenvalue weighted by atomic mass is 16.1. The highest BCUT2D eigenvalue weighted by Gasteiger charge is 1.89. The Balaban J connectivity index is 3.17. The van der Waals surface area contributed by atoms with Gasteiger partial charge in [-0.05, 0) is 44.9 Å². The first kappa shape index (κ1) is 17.9. The van der Waals surface area contributed by atoms with E-state index in [2.05, 4.69) is 30.9 Å². The van der Waals surface area contributed by atoms with Crippen molar-refractivity contribution in [3.63, 3.8) is 0 Å². The molecule has 0 aliphatic carbocycles. The minimum absolute atomic E-state index is 0.734. The van der Waals surface area contributed by atoms with E-state index >= 15 is 0 Å². The zero-order chi connectivity index (χ0) is 14.0. The molecule has 0 amide bonds. The molecule has 0 N–H and O–H groups in total. The van der Waals surface area contributed by atoms with Gasteiger partial charge in [0, 0.05) is 6.42 Å². The second kappa shape index (κ2) is 16.9. The van der Waals surface area contributed by atoms with Crippen molar-refractivity contribution < 1.29 is 4.79 Å². The van der Waals surface area contributed by atoms with Crippen molar-refractivity contribution in [3.8, 4) is 0 Å². The van der Waals surface area contributed by atoms with Crippen molar-refractivity contribution in [2.24, 2.45) is 0 Å². The average molecular weight is 262 g/mol. The molecular weight excluding hydrogens is 232 g/mol. The van der Waals surface area contributed by atoms with Crippen LogP contribution in [0.4, 0.5) is 0 Å². The fourth-order valence-corrected chi connectivity index (χ4v) is 1.92. The zero-order valence-corrected chi connectivity index (χ0v) is 12.4. The molecule has 19 heavy (non-hydrogen) atoms. The Hall–Kier alpha value is -1.11. The van der Waals surface area contributed by atoms with Crippen LogP contribution < -0.4 is 0 Å². The molecule has 1 heteroatoms. The summed E-state index contributed by atoms with van der Waals surface area (Å²) in [5.41, 5.74) is 0. The van der Waals surface area contributed by atoms with Gasteiger partial charge in [0.25, 0.3) is 0 Å². The van der Waals surface area contributed by atoms with Gasteiger partial charge in [-0.1, -0.05) is 49.6 Å². The van der Waals surface area contributed by atoms with Crippen LogP contribution in [0.25, 0.3) is 0 Å². The second-order valence-corrected chi connectivity index (χ2v) is 4.94. The maximum absolute atomic E-state index is 10.1. The fourth-order valence-electron chi connectivity index (χ4n) is 1.92. The molecule has 0 saturated carbocycles. The Morgan fingerprint density at radius 2 is 1.11 bits per heavy atom. The highest BCUT2D eigenvalue weighted by molar-refractivity contribution is 5.48. The molecule has 0 spiro atoms. The van der Waals surface area contributed by atoms with Crippen molar-refractivity contribution in [1.29, 1.82) is 0 Å². The molecule has 0 aromatic carbocycles. The SMILES string of the molecule is C=CCCCCC=CC=CCCCCCCCC=O. The van der Waals surface area contributed by atoms with Crippen LogP contribution in [0, 0.1) is 0 Å². The van der Waals surface area contributed by atoms with Crippen molar-refractivity contribution in [2.45, 2.75) is 70.6 Å². The molecule has 0 saturated heterocycles. The molecule has 0 unspecified atom stereocenters. The van der Waals surface area contributed by atoms with Crippen molar-refractivity contribution >= 4 is 6.29 Å². The molecule has 0 radical (unpaired) electrons. The summed E-state index contributed by atoms with van der Waals surface area (Å²) < 4.78 is 0. The van der Waals surface area contributed by atoms with E-state index < -0.39 is 0 Å². The Bertz CT molecular complexity index is 250. The molecule has 0 aliphatic rings. The highest BCUT2D eigenvalue weighted by Crippen LogP contribution is 2.07. The van der Waals surface area contributed by atoms with Gasteiger partial charge >= 0.3 is 0 Å². The van der Waals surface area contributed by atoms with Crippen LogP contribution in [0.2, 0.25) is 0 Å². The molecular formula is C18H30O. The van der Waals surface area contributed by atoms with E-state index in [1.54, 1.807) is 0 Å². The van der Waals surface area contributed by atoms with E-state index in [0.717, 1.165) is 25.5 Å². The molecule has 0 fully saturated rings. The van der Waals surface area contributed by atoms with Crippen LogP contribution in [0.1, 0.15) is 70.6 Å². The third-order valence-corrected chi connectivity index (χ3v) is 3.11. The average Bonchev–Trinajstić information content (AvgIpc) is 2.43. The molecule has 0 aromatic heterocycles. The number of hydrogen-bond acceptors (Lipinski definition) is 1. The van der Waals surface area contributed by atoms with Gasteiger partial charge in [-0.25, -0.2) is 0 Å². The molecule has 0 aliphatic heterocycles. The summed E-state index contributed by atoms with van der Waals surface area (Å²) in [4.78, 5) is 10.1. The summed E-state index contributed by atoms with van der Waals surface area (Å²) in [6.45, 7) is 3.72. The number of allylic oxidation sites excluding steroid dienone is 5. The van der Waals surface area contributed by atoms with Crippen LogP contribution in [0.5, 0.6) is 0 Å². The maximum Gasteiger partial charge on any atom is 0.119 e. The first-order valence-corrected chi connectivity index (χ1v) is 7.78. The van der Waals surface area contributed by atoms with Crippen LogP contribution in [-0.2, 0) is 4.79 Å². The standard InChI is InChI=1S/C18H30O/c1-2-3-4-5-6-7-8-9-10-11-12-13-14-15-16-17-18-19/h2,7-10,18H,1,3-6,11-17H2. The Morgan fingerprint density at radius 1 is 0.632 bits per heavy atom. The largest absolute Gasteiger partial charge is 0.303 e. The lowest BCUT2D eigenvalue weighted by molar-refractivity contribution is -0.107. The monoisotopic (exact) mass is 262 g/mol. The minimum Gasteiger partial charge on any atom is -0.303 e. The van der Waals surface area contributed by atoms with E-state index in [1.807, 2.05) is 6.08 Å². The lowest BCUT2D eigenvalue weighted by Gasteiger charge is -1.96. The molecule has 0 atom stereocenters. The summed E-state index contributed by atoms with van der Waals surface area (Å²) in [5.74, 6) is 0. The number of rotatable bonds is 14. The number of aldehydes is 1. The van der Waals surface area contributed by atoms with Crippen molar-refractivity contribution in [2.75, 3.05) is 0 Å². The van der Waals surface area contributed by atoms with Crippen molar-refractivity contribution in [3.05, 3.63) is 37.0 Å². The van der Waals surface area contributed by atoms with E-state index in [9.17, 15) is 4.79 Å². The molecule has 0 aromatic rings. The summed E-state index contributed by atoms with van der Waals surface area (Å²) in [6, 6.07) is 0. The van der Waals surface area contributed by atoms with Gasteiger partial charge in [0.1, 0.15) is 6.29 Å². The summed E-state index contributed by atoms with van der Waals surface area (Å²) in [6.07, 6.45) is 24.7. The van der Waals surface area contributed by atoms with Crippen molar-refractivity contribution in [1.82, 2.24) is 0 Å². The quantitative estimate of drug-likeness (QED) is 0.168. The van der Waals surface area contributed by atoms with E-state index in [-0.39, 0.29) is 0 Å². The lowest BCUT2D eigenvalue weighted by Crippen LogP contribution is -1.80. The Morgan fingerprint density at radius 3 is 1.68 bits per heavy atom. The summed E-state index contributed by atoms with van der Waals surface area (Å²) >= 11 is 0. The first-order valence-electron chi connectivity index (χ1n) is 7.78. The maximum atomic E-state index is 10.1. The predicted octanol–water partition coefficient (Wildman–Crippen LogP) is 5.77. The first-order chi connectivity index (χ1) is 9.41. The minimum atomic E-state index is 0.734. The van der Waals surface area contributed by atoms with Crippen LogP contribution in [-0.4, -0.2) is 6.29 Å². The van der Waals surface area contributed by atoms with Gasteiger partial charge < -0.3 is 4.79 Å². The van der Waals surface area contributed by atoms with Gasteiger partial charge in [-0.2, -0.15) is 0 Å². The van der Waals surface area contributed by atoms with Crippen LogP contribution >= 0.6 is 0 Å². The lowest BCUT2D eigenvalue weighted by atomic mass is 10.1. The predicted molar refractivity (Wildman–Crippen MR) is 85.3 cm³/mol. The van der Waals surface area contributed by atoms with Gasteiger partial charge in [0.15, 0.2) is 0 Å². The second-order valence-electron chi connectivity index (χ2n) is 4.94. The van der Waals surface area contributed by atoms with E-state index in [0.29, 0.717) is 0 Å². The van der Waals surface area contributed by atoms with Gasteiger partial charge in [-0.15, -0.1) is 6.58 Å². The van der Waals surface area contributed by atoms with Crippen LogP contribution in [0.3, 0.4) is 0 Å². The van der Waals surface area contributed by atoms with Crippen LogP contribution in [0.15, 0.2) is 37.0 Å². The number of carbonyl (C=O) groups excluding carboxylic acids is 1. The Kier molecular flexibility index (Phi) is 15.9. The molecule has 108 valence electrons. The number of carbonyl (C=O) groups is 1. The van der Waals surface area contributed by atoms with Gasteiger partial charge in [0.05, 0.1) is 0 Å². The van der Waals surface area contributed by atoms with Gasteiger partial charge in [0.2, 0.25) is 0 Å². The third kappa shape index (κ3) is 16.9. The topological polar surface area (TPSA) is 17.1 Å².